The summed E-state index contributed by atoms with van der Waals surface area (Å²) in [6.07, 6.45) is 1.55. The maximum absolute atomic E-state index is 11.2. The fourth-order valence-electron chi connectivity index (χ4n) is 1.58. The molecule has 0 unspecified atom stereocenters. The molecule has 0 fully saturated rings. The Labute approximate surface area is 94.4 Å². The minimum absolute atomic E-state index is 0.0213. The van der Waals surface area contributed by atoms with Gasteiger partial charge < -0.3 is 5.11 Å². The molecule has 1 rings (SSSR count). The molecule has 3 heteroatoms. The van der Waals surface area contributed by atoms with Crippen LogP contribution in [0.5, 0.6) is 0 Å². The number of carbonyl (C=O) groups excluding carboxylic acids is 1. The van der Waals surface area contributed by atoms with Crippen molar-refractivity contribution < 1.29 is 14.7 Å². The van der Waals surface area contributed by atoms with Gasteiger partial charge in [-0.25, -0.2) is 4.79 Å². The van der Waals surface area contributed by atoms with Gasteiger partial charge in [-0.3, -0.25) is 4.79 Å². The average molecular weight is 218 g/mol. The van der Waals surface area contributed by atoms with Crippen molar-refractivity contribution in [3.63, 3.8) is 0 Å². The summed E-state index contributed by atoms with van der Waals surface area (Å²) >= 11 is 0. The highest BCUT2D eigenvalue weighted by atomic mass is 16.4. The predicted octanol–water partition coefficient (Wildman–Crippen LogP) is 2.69. The molecule has 0 aliphatic heterocycles. The summed E-state index contributed by atoms with van der Waals surface area (Å²) in [5.41, 5.74) is 2.30. The predicted molar refractivity (Wildman–Crippen MR) is 62.5 cm³/mol. The zero-order valence-corrected chi connectivity index (χ0v) is 9.57. The number of hydrogen-bond acceptors (Lipinski definition) is 2. The van der Waals surface area contributed by atoms with Gasteiger partial charge in [-0.05, 0) is 38.0 Å². The Morgan fingerprint density at radius 1 is 1.31 bits per heavy atom. The van der Waals surface area contributed by atoms with Crippen LogP contribution in [0.4, 0.5) is 0 Å². The highest BCUT2D eigenvalue weighted by Gasteiger charge is 2.12. The van der Waals surface area contributed by atoms with E-state index >= 15 is 0 Å². The number of carboxylic acids is 1. The molecule has 16 heavy (non-hydrogen) atoms. The number of ketones is 1. The van der Waals surface area contributed by atoms with Gasteiger partial charge in [0.05, 0.1) is 5.57 Å². The number of Topliss-reactive ketones (excluding diaryl/α,β-unsaturated/α-hetero) is 1. The van der Waals surface area contributed by atoms with Crippen molar-refractivity contribution in [2.75, 3.05) is 0 Å². The second-order valence-corrected chi connectivity index (χ2v) is 3.59. The van der Waals surface area contributed by atoms with Gasteiger partial charge in [-0.15, -0.1) is 0 Å². The number of aliphatic carboxylic acids is 1. The van der Waals surface area contributed by atoms with Crippen LogP contribution >= 0.6 is 0 Å². The number of hydrogen-bond donors (Lipinski definition) is 1. The maximum Gasteiger partial charge on any atom is 0.335 e. The van der Waals surface area contributed by atoms with E-state index in [2.05, 4.69) is 0 Å². The normalized spacial score (nSPS) is 11.3. The number of aryl methyl sites for hydroxylation is 1. The van der Waals surface area contributed by atoms with E-state index in [9.17, 15) is 9.59 Å². The molecule has 0 aliphatic carbocycles. The molecule has 0 spiro atoms. The third kappa shape index (κ3) is 2.37. The second kappa shape index (κ2) is 4.75. The fraction of sp³-hybridized carbons (Fsp3) is 0.231. The van der Waals surface area contributed by atoms with Crippen molar-refractivity contribution in [1.29, 1.82) is 0 Å². The Kier molecular flexibility index (Phi) is 3.61. The Hall–Kier alpha value is -1.90. The number of rotatable bonds is 3. The summed E-state index contributed by atoms with van der Waals surface area (Å²) in [6, 6.07) is 5.04. The van der Waals surface area contributed by atoms with Gasteiger partial charge in [0.25, 0.3) is 0 Å². The molecular formula is C13H14O3. The quantitative estimate of drug-likeness (QED) is 0.626. The molecule has 0 heterocycles. The SMILES string of the molecule is CC=C(C(=O)O)c1ccc(C(C)=O)cc1C. The molecule has 1 aromatic rings. The molecule has 0 amide bonds. The van der Waals surface area contributed by atoms with E-state index in [1.54, 1.807) is 38.1 Å². The molecule has 0 saturated heterocycles. The van der Waals surface area contributed by atoms with Crippen LogP contribution in [-0.4, -0.2) is 16.9 Å². The second-order valence-electron chi connectivity index (χ2n) is 3.59. The van der Waals surface area contributed by atoms with Gasteiger partial charge in [0.2, 0.25) is 0 Å². The van der Waals surface area contributed by atoms with Gasteiger partial charge >= 0.3 is 5.97 Å². The monoisotopic (exact) mass is 218 g/mol. The first-order valence-corrected chi connectivity index (χ1v) is 4.99. The van der Waals surface area contributed by atoms with Gasteiger partial charge in [0.1, 0.15) is 0 Å². The third-order valence-corrected chi connectivity index (χ3v) is 2.44. The number of carboxylic acid groups (broad SMARTS) is 1. The first-order chi connectivity index (χ1) is 7.47. The fourth-order valence-corrected chi connectivity index (χ4v) is 1.58. The smallest absolute Gasteiger partial charge is 0.335 e. The summed E-state index contributed by atoms with van der Waals surface area (Å²) in [6.45, 7) is 4.97. The molecule has 3 nitrogen and oxygen atoms in total. The maximum atomic E-state index is 11.2. The largest absolute Gasteiger partial charge is 0.478 e. The topological polar surface area (TPSA) is 54.4 Å². The van der Waals surface area contributed by atoms with E-state index in [-0.39, 0.29) is 11.4 Å². The van der Waals surface area contributed by atoms with Crippen LogP contribution in [0.15, 0.2) is 24.3 Å². The van der Waals surface area contributed by atoms with Crippen LogP contribution in [0.3, 0.4) is 0 Å². The van der Waals surface area contributed by atoms with Gasteiger partial charge in [-0.1, -0.05) is 18.2 Å². The Morgan fingerprint density at radius 2 is 1.94 bits per heavy atom. The Bertz CT molecular complexity index is 470. The van der Waals surface area contributed by atoms with E-state index in [1.165, 1.54) is 6.92 Å². The van der Waals surface area contributed by atoms with Crippen LogP contribution in [0, 0.1) is 6.92 Å². The minimum atomic E-state index is -0.957. The summed E-state index contributed by atoms with van der Waals surface area (Å²) in [5, 5.41) is 8.99. The summed E-state index contributed by atoms with van der Waals surface area (Å²) in [5.74, 6) is -0.979. The van der Waals surface area contributed by atoms with E-state index in [1.807, 2.05) is 0 Å². The molecule has 0 atom stereocenters. The van der Waals surface area contributed by atoms with Crippen molar-refractivity contribution in [2.45, 2.75) is 20.8 Å². The van der Waals surface area contributed by atoms with E-state index in [0.29, 0.717) is 11.1 Å². The molecule has 0 bridgehead atoms. The van der Waals surface area contributed by atoms with Crippen LogP contribution in [-0.2, 0) is 4.79 Å². The minimum Gasteiger partial charge on any atom is -0.478 e. The van der Waals surface area contributed by atoms with Gasteiger partial charge in [0.15, 0.2) is 5.78 Å². The van der Waals surface area contributed by atoms with Crippen LogP contribution in [0.25, 0.3) is 5.57 Å². The average Bonchev–Trinajstić information content (AvgIpc) is 2.20. The lowest BCUT2D eigenvalue weighted by molar-refractivity contribution is -0.130. The highest BCUT2D eigenvalue weighted by Crippen LogP contribution is 2.20. The molecule has 84 valence electrons. The lowest BCUT2D eigenvalue weighted by atomic mass is 9.97. The molecule has 0 saturated carbocycles. The van der Waals surface area contributed by atoms with E-state index in [0.717, 1.165) is 5.56 Å². The lowest BCUT2D eigenvalue weighted by Gasteiger charge is -2.07. The van der Waals surface area contributed by atoms with Crippen molar-refractivity contribution in [3.05, 3.63) is 41.0 Å². The van der Waals surface area contributed by atoms with Crippen molar-refractivity contribution in [2.24, 2.45) is 0 Å². The number of carbonyl (C=O) groups is 2. The molecule has 1 N–H and O–H groups in total. The summed E-state index contributed by atoms with van der Waals surface area (Å²) in [4.78, 5) is 22.1. The van der Waals surface area contributed by atoms with E-state index < -0.39 is 5.97 Å². The molecule has 0 aromatic heterocycles. The number of benzene rings is 1. The summed E-state index contributed by atoms with van der Waals surface area (Å²) < 4.78 is 0. The van der Waals surface area contributed by atoms with Crippen molar-refractivity contribution in [3.8, 4) is 0 Å². The molecule has 1 aromatic carbocycles. The Balaban J connectivity index is 3.28. The molecular weight excluding hydrogens is 204 g/mol. The third-order valence-electron chi connectivity index (χ3n) is 2.44. The van der Waals surface area contributed by atoms with Crippen molar-refractivity contribution >= 4 is 17.3 Å². The van der Waals surface area contributed by atoms with Crippen LogP contribution in [0.2, 0.25) is 0 Å². The zero-order valence-electron chi connectivity index (χ0n) is 9.57. The Morgan fingerprint density at radius 3 is 2.31 bits per heavy atom. The molecule has 0 aliphatic rings. The first-order valence-electron chi connectivity index (χ1n) is 4.99. The van der Waals surface area contributed by atoms with Crippen LogP contribution in [0.1, 0.15) is 35.3 Å². The summed E-state index contributed by atoms with van der Waals surface area (Å²) in [7, 11) is 0. The first kappa shape index (κ1) is 12.2. The van der Waals surface area contributed by atoms with Crippen molar-refractivity contribution in [1.82, 2.24) is 0 Å². The lowest BCUT2D eigenvalue weighted by Crippen LogP contribution is -2.02. The standard InChI is InChI=1S/C13H14O3/c1-4-11(13(15)16)12-6-5-10(9(3)14)7-8(12)2/h4-7H,1-3H3,(H,15,16). The number of allylic oxidation sites excluding steroid dienone is 1. The van der Waals surface area contributed by atoms with E-state index in [4.69, 9.17) is 5.11 Å². The van der Waals surface area contributed by atoms with Gasteiger partial charge in [0, 0.05) is 5.56 Å². The van der Waals surface area contributed by atoms with Gasteiger partial charge in [-0.2, -0.15) is 0 Å². The zero-order chi connectivity index (χ0) is 12.3. The molecule has 0 radical (unpaired) electrons. The highest BCUT2D eigenvalue weighted by molar-refractivity contribution is 6.15. The van der Waals surface area contributed by atoms with Crippen LogP contribution < -0.4 is 0 Å².